The minimum atomic E-state index is -0.154. The topological polar surface area (TPSA) is 50.4 Å². The summed E-state index contributed by atoms with van der Waals surface area (Å²) in [5.74, 6) is 0.0401. The maximum atomic E-state index is 11.5. The van der Waals surface area contributed by atoms with Gasteiger partial charge in [-0.3, -0.25) is 4.79 Å². The second kappa shape index (κ2) is 9.36. The van der Waals surface area contributed by atoms with E-state index in [1.807, 2.05) is 20.8 Å². The highest BCUT2D eigenvalue weighted by Crippen LogP contribution is 1.88. The summed E-state index contributed by atoms with van der Waals surface area (Å²) in [5.41, 5.74) is 1.25. The molecule has 0 aliphatic rings. The maximum Gasteiger partial charge on any atom is 0.236 e. The third-order valence-electron chi connectivity index (χ3n) is 2.15. The quantitative estimate of drug-likeness (QED) is 0.483. The van der Waals surface area contributed by atoms with Crippen molar-refractivity contribution >= 4 is 5.91 Å². The summed E-state index contributed by atoms with van der Waals surface area (Å²) in [6.45, 7) is 8.02. The highest BCUT2D eigenvalue weighted by Gasteiger charge is 2.09. The van der Waals surface area contributed by atoms with E-state index in [4.69, 9.17) is 4.74 Å². The monoisotopic (exact) mass is 228 g/mol. The second-order valence-electron chi connectivity index (χ2n) is 4.05. The smallest absolute Gasteiger partial charge is 0.236 e. The number of carbonyl (C=O) groups excluding carboxylic acids is 1. The van der Waals surface area contributed by atoms with Crippen molar-refractivity contribution in [2.45, 2.75) is 33.2 Å². The van der Waals surface area contributed by atoms with E-state index in [0.29, 0.717) is 13.2 Å². The van der Waals surface area contributed by atoms with Crippen LogP contribution < -0.4 is 10.6 Å². The molecule has 0 bridgehead atoms. The Balaban J connectivity index is 3.61. The van der Waals surface area contributed by atoms with Crippen molar-refractivity contribution < 1.29 is 9.53 Å². The Morgan fingerprint density at radius 2 is 2.12 bits per heavy atom. The first-order valence-electron chi connectivity index (χ1n) is 5.71. The summed E-state index contributed by atoms with van der Waals surface area (Å²) in [7, 11) is 1.66. The first-order valence-corrected chi connectivity index (χ1v) is 5.71. The SMILES string of the molecule is COCCCNC(=O)C(C)NCC=C(C)C. The van der Waals surface area contributed by atoms with Crippen molar-refractivity contribution in [1.29, 1.82) is 0 Å². The Morgan fingerprint density at radius 3 is 2.69 bits per heavy atom. The number of hydrogen-bond acceptors (Lipinski definition) is 3. The average Bonchev–Trinajstić information content (AvgIpc) is 2.23. The van der Waals surface area contributed by atoms with Gasteiger partial charge in [0.05, 0.1) is 6.04 Å². The van der Waals surface area contributed by atoms with Crippen molar-refractivity contribution in [3.63, 3.8) is 0 Å². The number of allylic oxidation sites excluding steroid dienone is 1. The van der Waals surface area contributed by atoms with Gasteiger partial charge in [-0.2, -0.15) is 0 Å². The number of carbonyl (C=O) groups is 1. The third kappa shape index (κ3) is 8.44. The van der Waals surface area contributed by atoms with Gasteiger partial charge in [0.1, 0.15) is 0 Å². The van der Waals surface area contributed by atoms with Gasteiger partial charge >= 0.3 is 0 Å². The van der Waals surface area contributed by atoms with Crippen LogP contribution in [0.1, 0.15) is 27.2 Å². The van der Waals surface area contributed by atoms with Crippen molar-refractivity contribution in [1.82, 2.24) is 10.6 Å². The Labute approximate surface area is 98.4 Å². The fraction of sp³-hybridized carbons (Fsp3) is 0.750. The van der Waals surface area contributed by atoms with Gasteiger partial charge in [0.15, 0.2) is 0 Å². The van der Waals surface area contributed by atoms with Gasteiger partial charge in [-0.05, 0) is 27.2 Å². The van der Waals surface area contributed by atoms with Gasteiger partial charge in [0.25, 0.3) is 0 Å². The zero-order valence-electron chi connectivity index (χ0n) is 10.8. The van der Waals surface area contributed by atoms with Crippen LogP contribution in [0, 0.1) is 0 Å². The van der Waals surface area contributed by atoms with Gasteiger partial charge in [-0.1, -0.05) is 11.6 Å². The first kappa shape index (κ1) is 15.1. The molecule has 0 aromatic rings. The lowest BCUT2D eigenvalue weighted by Crippen LogP contribution is -2.42. The molecule has 1 atom stereocenters. The van der Waals surface area contributed by atoms with Crippen molar-refractivity contribution in [2.75, 3.05) is 26.8 Å². The molecule has 0 radical (unpaired) electrons. The fourth-order valence-electron chi connectivity index (χ4n) is 1.11. The minimum Gasteiger partial charge on any atom is -0.385 e. The third-order valence-corrected chi connectivity index (χ3v) is 2.15. The lowest BCUT2D eigenvalue weighted by molar-refractivity contribution is -0.122. The van der Waals surface area contributed by atoms with Crippen LogP contribution in [0.2, 0.25) is 0 Å². The number of ether oxygens (including phenoxy) is 1. The molecule has 0 fully saturated rings. The molecule has 0 aliphatic carbocycles. The fourth-order valence-corrected chi connectivity index (χ4v) is 1.11. The number of nitrogens with one attached hydrogen (secondary N) is 2. The van der Waals surface area contributed by atoms with E-state index in [2.05, 4.69) is 16.7 Å². The highest BCUT2D eigenvalue weighted by atomic mass is 16.5. The number of hydrogen-bond donors (Lipinski definition) is 2. The van der Waals surface area contributed by atoms with E-state index < -0.39 is 0 Å². The van der Waals surface area contributed by atoms with Crippen molar-refractivity contribution in [3.8, 4) is 0 Å². The Bertz CT molecular complexity index is 223. The number of amides is 1. The van der Waals surface area contributed by atoms with Crippen LogP contribution >= 0.6 is 0 Å². The molecule has 0 heterocycles. The molecule has 0 aromatic carbocycles. The van der Waals surface area contributed by atoms with Gasteiger partial charge in [0.2, 0.25) is 5.91 Å². The average molecular weight is 228 g/mol. The van der Waals surface area contributed by atoms with Crippen molar-refractivity contribution in [3.05, 3.63) is 11.6 Å². The van der Waals surface area contributed by atoms with E-state index >= 15 is 0 Å². The summed E-state index contributed by atoms with van der Waals surface area (Å²) in [5, 5.41) is 5.99. The molecule has 0 aliphatic heterocycles. The predicted molar refractivity (Wildman–Crippen MR) is 66.4 cm³/mol. The molecular weight excluding hydrogens is 204 g/mol. The van der Waals surface area contributed by atoms with E-state index in [-0.39, 0.29) is 11.9 Å². The summed E-state index contributed by atoms with van der Waals surface area (Å²) < 4.78 is 4.90. The van der Waals surface area contributed by atoms with E-state index in [9.17, 15) is 4.79 Å². The minimum absolute atomic E-state index is 0.0401. The van der Waals surface area contributed by atoms with Gasteiger partial charge in [-0.15, -0.1) is 0 Å². The Hall–Kier alpha value is -0.870. The lowest BCUT2D eigenvalue weighted by Gasteiger charge is -2.12. The summed E-state index contributed by atoms with van der Waals surface area (Å²) in [6, 6.07) is -0.154. The van der Waals surface area contributed by atoms with Crippen LogP contribution in [-0.4, -0.2) is 38.8 Å². The molecule has 1 unspecified atom stereocenters. The second-order valence-corrected chi connectivity index (χ2v) is 4.05. The predicted octanol–water partition coefficient (Wildman–Crippen LogP) is 1.08. The molecular formula is C12H24N2O2. The molecule has 16 heavy (non-hydrogen) atoms. The first-order chi connectivity index (χ1) is 7.57. The van der Waals surface area contributed by atoms with Crippen LogP contribution in [0.5, 0.6) is 0 Å². The van der Waals surface area contributed by atoms with Gasteiger partial charge in [0, 0.05) is 26.8 Å². The normalized spacial score (nSPS) is 12.0. The molecule has 2 N–H and O–H groups in total. The summed E-state index contributed by atoms with van der Waals surface area (Å²) in [4.78, 5) is 11.5. The van der Waals surface area contributed by atoms with Crippen LogP contribution in [0.4, 0.5) is 0 Å². The van der Waals surface area contributed by atoms with Crippen LogP contribution in [0.3, 0.4) is 0 Å². The van der Waals surface area contributed by atoms with Crippen LogP contribution in [0.15, 0.2) is 11.6 Å². The summed E-state index contributed by atoms with van der Waals surface area (Å²) in [6.07, 6.45) is 2.91. The van der Waals surface area contributed by atoms with E-state index in [1.54, 1.807) is 7.11 Å². The molecule has 0 spiro atoms. The standard InChI is InChI=1S/C12H24N2O2/c1-10(2)6-8-13-11(3)12(15)14-7-5-9-16-4/h6,11,13H,5,7-9H2,1-4H3,(H,14,15). The molecule has 4 nitrogen and oxygen atoms in total. The molecule has 0 aromatic heterocycles. The summed E-state index contributed by atoms with van der Waals surface area (Å²) >= 11 is 0. The zero-order chi connectivity index (χ0) is 12.4. The lowest BCUT2D eigenvalue weighted by atomic mass is 10.3. The van der Waals surface area contributed by atoms with Crippen LogP contribution in [0.25, 0.3) is 0 Å². The van der Waals surface area contributed by atoms with Gasteiger partial charge in [-0.25, -0.2) is 0 Å². The Morgan fingerprint density at radius 1 is 1.44 bits per heavy atom. The molecule has 1 amide bonds. The largest absolute Gasteiger partial charge is 0.385 e. The van der Waals surface area contributed by atoms with Crippen LogP contribution in [-0.2, 0) is 9.53 Å². The molecule has 0 saturated carbocycles. The molecule has 94 valence electrons. The number of methoxy groups -OCH3 is 1. The number of rotatable bonds is 8. The molecule has 0 rings (SSSR count). The van der Waals surface area contributed by atoms with E-state index in [0.717, 1.165) is 13.0 Å². The maximum absolute atomic E-state index is 11.5. The van der Waals surface area contributed by atoms with Gasteiger partial charge < -0.3 is 15.4 Å². The van der Waals surface area contributed by atoms with E-state index in [1.165, 1.54) is 5.57 Å². The highest BCUT2D eigenvalue weighted by molar-refractivity contribution is 5.81. The molecule has 4 heteroatoms. The zero-order valence-corrected chi connectivity index (χ0v) is 10.8. The van der Waals surface area contributed by atoms with Crippen molar-refractivity contribution in [2.24, 2.45) is 0 Å². The Kier molecular flexibility index (Phi) is 8.85. The molecule has 0 saturated heterocycles.